The molecule has 0 atom stereocenters. The number of rotatable bonds is 4. The molecule has 3 nitrogen and oxygen atoms in total. The predicted octanol–water partition coefficient (Wildman–Crippen LogP) is 3.08. The van der Waals surface area contributed by atoms with Crippen LogP contribution in [-0.2, 0) is 9.47 Å². The van der Waals surface area contributed by atoms with E-state index < -0.39 is 0 Å². The average molecular weight is 223 g/mol. The minimum atomic E-state index is -0.135. The Morgan fingerprint density at radius 3 is 2.62 bits per heavy atom. The summed E-state index contributed by atoms with van der Waals surface area (Å²) in [7, 11) is 0. The van der Waals surface area contributed by atoms with Crippen molar-refractivity contribution in [1.29, 1.82) is 0 Å². The second-order valence-corrected chi connectivity index (χ2v) is 4.76. The lowest BCUT2D eigenvalue weighted by atomic mass is 10.1. The van der Waals surface area contributed by atoms with Crippen molar-refractivity contribution in [2.45, 2.75) is 40.2 Å². The van der Waals surface area contributed by atoms with Crippen LogP contribution in [0.3, 0.4) is 0 Å². The van der Waals surface area contributed by atoms with Crippen molar-refractivity contribution in [2.24, 2.45) is 4.99 Å². The normalized spacial score (nSPS) is 18.8. The zero-order valence-corrected chi connectivity index (χ0v) is 10.8. The second kappa shape index (κ2) is 5.19. The van der Waals surface area contributed by atoms with Gasteiger partial charge in [0.15, 0.2) is 5.76 Å². The molecule has 0 saturated carbocycles. The third-order valence-corrected chi connectivity index (χ3v) is 2.17. The summed E-state index contributed by atoms with van der Waals surface area (Å²) in [5, 5.41) is 0. The van der Waals surface area contributed by atoms with E-state index in [-0.39, 0.29) is 5.54 Å². The molecule has 0 aliphatic carbocycles. The first kappa shape index (κ1) is 12.8. The SMILES string of the molecule is C/C=C(/OCC=C(C)C)C1=NC(C)(C)CO1. The smallest absolute Gasteiger partial charge is 0.252 e. The highest BCUT2D eigenvalue weighted by molar-refractivity contribution is 5.92. The number of ether oxygens (including phenoxy) is 2. The van der Waals surface area contributed by atoms with Crippen molar-refractivity contribution in [2.75, 3.05) is 13.2 Å². The Morgan fingerprint density at radius 2 is 2.19 bits per heavy atom. The van der Waals surface area contributed by atoms with Gasteiger partial charge < -0.3 is 9.47 Å². The number of nitrogens with zero attached hydrogens (tertiary/aromatic N) is 1. The summed E-state index contributed by atoms with van der Waals surface area (Å²) in [6, 6.07) is 0. The van der Waals surface area contributed by atoms with Crippen LogP contribution in [0.15, 0.2) is 28.5 Å². The lowest BCUT2D eigenvalue weighted by Crippen LogP contribution is -2.17. The first-order valence-corrected chi connectivity index (χ1v) is 5.60. The molecule has 0 aromatic carbocycles. The van der Waals surface area contributed by atoms with Crippen LogP contribution < -0.4 is 0 Å². The average Bonchev–Trinajstić information content (AvgIpc) is 2.53. The van der Waals surface area contributed by atoms with Gasteiger partial charge >= 0.3 is 0 Å². The fourth-order valence-electron chi connectivity index (χ4n) is 1.28. The van der Waals surface area contributed by atoms with E-state index in [0.29, 0.717) is 19.1 Å². The van der Waals surface area contributed by atoms with Gasteiger partial charge in [-0.2, -0.15) is 0 Å². The molecule has 0 spiro atoms. The molecule has 1 rings (SSSR count). The molecule has 0 fully saturated rings. The number of hydrogen-bond acceptors (Lipinski definition) is 3. The van der Waals surface area contributed by atoms with Crippen LogP contribution in [0.25, 0.3) is 0 Å². The van der Waals surface area contributed by atoms with Gasteiger partial charge in [-0.3, -0.25) is 0 Å². The van der Waals surface area contributed by atoms with Crippen LogP contribution >= 0.6 is 0 Å². The van der Waals surface area contributed by atoms with Gasteiger partial charge in [-0.25, -0.2) is 4.99 Å². The molecular weight excluding hydrogens is 202 g/mol. The topological polar surface area (TPSA) is 30.8 Å². The van der Waals surface area contributed by atoms with Gasteiger partial charge in [0.05, 0.1) is 5.54 Å². The molecule has 1 heterocycles. The Kier molecular flexibility index (Phi) is 4.16. The Hall–Kier alpha value is -1.25. The molecule has 0 bridgehead atoms. The Balaban J connectivity index is 2.60. The summed E-state index contributed by atoms with van der Waals surface area (Å²) >= 11 is 0. The minimum absolute atomic E-state index is 0.135. The second-order valence-electron chi connectivity index (χ2n) is 4.76. The molecule has 0 N–H and O–H groups in total. The van der Waals surface area contributed by atoms with E-state index >= 15 is 0 Å². The molecule has 16 heavy (non-hydrogen) atoms. The maximum absolute atomic E-state index is 5.61. The van der Waals surface area contributed by atoms with Crippen LogP contribution in [0, 0.1) is 0 Å². The summed E-state index contributed by atoms with van der Waals surface area (Å²) in [6.45, 7) is 11.3. The van der Waals surface area contributed by atoms with Gasteiger partial charge in [-0.1, -0.05) is 5.57 Å². The highest BCUT2D eigenvalue weighted by Gasteiger charge is 2.28. The van der Waals surface area contributed by atoms with Gasteiger partial charge in [0.1, 0.15) is 13.2 Å². The van der Waals surface area contributed by atoms with Crippen molar-refractivity contribution in [3.63, 3.8) is 0 Å². The molecule has 1 aliphatic rings. The molecule has 90 valence electrons. The van der Waals surface area contributed by atoms with Crippen LogP contribution in [0.1, 0.15) is 34.6 Å². The van der Waals surface area contributed by atoms with E-state index in [1.54, 1.807) is 0 Å². The standard InChI is InChI=1S/C13H21NO2/c1-6-11(15-8-7-10(2)3)12-14-13(4,5)9-16-12/h6-7H,8-9H2,1-5H3/b11-6+. The van der Waals surface area contributed by atoms with Crippen molar-refractivity contribution in [1.82, 2.24) is 0 Å². The van der Waals surface area contributed by atoms with Crippen molar-refractivity contribution in [3.8, 4) is 0 Å². The van der Waals surface area contributed by atoms with Crippen LogP contribution in [0.4, 0.5) is 0 Å². The molecule has 0 amide bonds. The lowest BCUT2D eigenvalue weighted by Gasteiger charge is -2.07. The zero-order chi connectivity index (χ0) is 12.2. The first-order valence-electron chi connectivity index (χ1n) is 5.60. The maximum Gasteiger partial charge on any atom is 0.252 e. The van der Waals surface area contributed by atoms with Gasteiger partial charge in [0.2, 0.25) is 0 Å². The largest absolute Gasteiger partial charge is 0.484 e. The highest BCUT2D eigenvalue weighted by atomic mass is 16.5. The summed E-state index contributed by atoms with van der Waals surface area (Å²) in [5.41, 5.74) is 1.11. The van der Waals surface area contributed by atoms with E-state index in [1.165, 1.54) is 5.57 Å². The molecule has 0 radical (unpaired) electrons. The van der Waals surface area contributed by atoms with Gasteiger partial charge in [0.25, 0.3) is 5.90 Å². The zero-order valence-electron chi connectivity index (χ0n) is 10.8. The van der Waals surface area contributed by atoms with Crippen LogP contribution in [-0.4, -0.2) is 24.7 Å². The third-order valence-electron chi connectivity index (χ3n) is 2.17. The summed E-state index contributed by atoms with van der Waals surface area (Å²) in [5.74, 6) is 1.35. The van der Waals surface area contributed by atoms with Crippen molar-refractivity contribution in [3.05, 3.63) is 23.5 Å². The summed E-state index contributed by atoms with van der Waals surface area (Å²) in [4.78, 5) is 4.47. The highest BCUT2D eigenvalue weighted by Crippen LogP contribution is 2.20. The van der Waals surface area contributed by atoms with E-state index in [1.807, 2.05) is 46.8 Å². The number of hydrogen-bond donors (Lipinski definition) is 0. The monoisotopic (exact) mass is 223 g/mol. The van der Waals surface area contributed by atoms with E-state index in [4.69, 9.17) is 9.47 Å². The number of aliphatic imine (C=N–C) groups is 1. The number of allylic oxidation sites excluding steroid dienone is 2. The van der Waals surface area contributed by atoms with E-state index in [2.05, 4.69) is 4.99 Å². The van der Waals surface area contributed by atoms with Gasteiger partial charge in [-0.05, 0) is 46.8 Å². The molecule has 1 aliphatic heterocycles. The van der Waals surface area contributed by atoms with E-state index in [9.17, 15) is 0 Å². The van der Waals surface area contributed by atoms with Crippen LogP contribution in [0.5, 0.6) is 0 Å². The summed E-state index contributed by atoms with van der Waals surface area (Å²) in [6.07, 6.45) is 3.92. The summed E-state index contributed by atoms with van der Waals surface area (Å²) < 4.78 is 11.1. The van der Waals surface area contributed by atoms with Gasteiger partial charge in [-0.15, -0.1) is 0 Å². The van der Waals surface area contributed by atoms with Crippen LogP contribution in [0.2, 0.25) is 0 Å². The molecule has 3 heteroatoms. The van der Waals surface area contributed by atoms with Gasteiger partial charge in [0, 0.05) is 0 Å². The molecule has 0 saturated heterocycles. The van der Waals surface area contributed by atoms with Crippen molar-refractivity contribution < 1.29 is 9.47 Å². The first-order chi connectivity index (χ1) is 7.44. The fourth-order valence-corrected chi connectivity index (χ4v) is 1.28. The Morgan fingerprint density at radius 1 is 1.50 bits per heavy atom. The molecular formula is C13H21NO2. The molecule has 0 aromatic rings. The molecule has 0 aromatic heterocycles. The third kappa shape index (κ3) is 3.72. The Labute approximate surface area is 97.9 Å². The predicted molar refractivity (Wildman–Crippen MR) is 66.6 cm³/mol. The van der Waals surface area contributed by atoms with Crippen molar-refractivity contribution >= 4 is 5.90 Å². The fraction of sp³-hybridized carbons (Fsp3) is 0.615. The van der Waals surface area contributed by atoms with E-state index in [0.717, 1.165) is 5.76 Å². The lowest BCUT2D eigenvalue weighted by molar-refractivity contribution is 0.231. The molecule has 0 unspecified atom stereocenters. The Bertz CT molecular complexity index is 334. The maximum atomic E-state index is 5.61. The minimum Gasteiger partial charge on any atom is -0.484 e. The quantitative estimate of drug-likeness (QED) is 0.541.